The fourth-order valence-corrected chi connectivity index (χ4v) is 1.54. The predicted octanol–water partition coefficient (Wildman–Crippen LogP) is 1.09. The molecule has 0 spiro atoms. The number of carbonyl (C=O) groups excluding carboxylic acids is 1. The first-order chi connectivity index (χ1) is 8.27. The number of rotatable bonds is 4. The summed E-state index contributed by atoms with van der Waals surface area (Å²) < 4.78 is 0. The highest BCUT2D eigenvalue weighted by Gasteiger charge is 2.08. The number of nitrogens with one attached hydrogen (secondary N) is 2. The molecule has 5 nitrogen and oxygen atoms in total. The van der Waals surface area contributed by atoms with E-state index in [4.69, 9.17) is 0 Å². The van der Waals surface area contributed by atoms with E-state index in [1.54, 1.807) is 18.7 Å². The molecule has 2 rings (SSSR count). The quantitative estimate of drug-likeness (QED) is 0.825. The van der Waals surface area contributed by atoms with Crippen LogP contribution in [0.4, 0.5) is 0 Å². The molecular weight excluding hydrogens is 216 g/mol. The second kappa shape index (κ2) is 5.25. The van der Waals surface area contributed by atoms with E-state index in [2.05, 4.69) is 20.3 Å². The number of aryl methyl sites for hydroxylation is 1. The third-order valence-corrected chi connectivity index (χ3v) is 2.46. The number of hydrogen-bond donors (Lipinski definition) is 2. The van der Waals surface area contributed by atoms with Gasteiger partial charge in [0.1, 0.15) is 5.69 Å². The molecule has 2 heterocycles. The molecule has 0 atom stereocenters. The zero-order chi connectivity index (χ0) is 12.1. The molecular formula is C12H14N4O. The van der Waals surface area contributed by atoms with E-state index in [9.17, 15) is 4.79 Å². The highest BCUT2D eigenvalue weighted by atomic mass is 16.1. The van der Waals surface area contributed by atoms with Gasteiger partial charge in [0.25, 0.3) is 5.91 Å². The van der Waals surface area contributed by atoms with Gasteiger partial charge in [-0.25, -0.2) is 4.98 Å². The molecule has 0 fully saturated rings. The molecule has 5 heteroatoms. The fraction of sp³-hybridized carbons (Fsp3) is 0.250. The van der Waals surface area contributed by atoms with E-state index in [1.165, 1.54) is 0 Å². The largest absolute Gasteiger partial charge is 0.350 e. The maximum absolute atomic E-state index is 11.8. The van der Waals surface area contributed by atoms with Crippen LogP contribution in [0, 0.1) is 6.92 Å². The average Bonchev–Trinajstić information content (AvgIpc) is 2.82. The van der Waals surface area contributed by atoms with Gasteiger partial charge in [0.2, 0.25) is 0 Å². The number of pyridine rings is 1. The highest BCUT2D eigenvalue weighted by Crippen LogP contribution is 2.02. The predicted molar refractivity (Wildman–Crippen MR) is 63.6 cm³/mol. The number of imidazole rings is 1. The van der Waals surface area contributed by atoms with Crippen LogP contribution < -0.4 is 5.32 Å². The molecule has 0 aliphatic carbocycles. The van der Waals surface area contributed by atoms with Crippen molar-refractivity contribution >= 4 is 5.91 Å². The molecule has 2 N–H and O–H groups in total. The standard InChI is InChI=1S/C12H14N4O/c1-9-3-2-5-14-11(9)12(17)15-6-4-10-7-13-8-16-10/h2-3,5,7-8H,4,6H2,1H3,(H,13,16)(H,15,17). The normalized spacial score (nSPS) is 10.2. The number of H-pyrrole nitrogens is 1. The first kappa shape index (κ1) is 11.3. The average molecular weight is 230 g/mol. The van der Waals surface area contributed by atoms with Gasteiger partial charge in [-0.05, 0) is 18.6 Å². The molecule has 17 heavy (non-hydrogen) atoms. The number of hydrogen-bond acceptors (Lipinski definition) is 3. The molecule has 0 aromatic carbocycles. The van der Waals surface area contributed by atoms with Gasteiger partial charge in [-0.1, -0.05) is 6.07 Å². The Kier molecular flexibility index (Phi) is 3.49. The Hall–Kier alpha value is -2.17. The van der Waals surface area contributed by atoms with Crippen LogP contribution in [0.25, 0.3) is 0 Å². The van der Waals surface area contributed by atoms with E-state index < -0.39 is 0 Å². The van der Waals surface area contributed by atoms with E-state index in [1.807, 2.05) is 19.1 Å². The van der Waals surface area contributed by atoms with Crippen LogP contribution in [-0.4, -0.2) is 27.4 Å². The molecule has 0 saturated heterocycles. The lowest BCUT2D eigenvalue weighted by Gasteiger charge is -2.05. The monoisotopic (exact) mass is 230 g/mol. The Morgan fingerprint density at radius 1 is 1.53 bits per heavy atom. The molecule has 0 aliphatic rings. The summed E-state index contributed by atoms with van der Waals surface area (Å²) in [5, 5.41) is 2.83. The van der Waals surface area contributed by atoms with E-state index >= 15 is 0 Å². The Balaban J connectivity index is 1.88. The summed E-state index contributed by atoms with van der Waals surface area (Å²) in [5.74, 6) is -0.136. The van der Waals surface area contributed by atoms with Gasteiger partial charge in [0.15, 0.2) is 0 Å². The van der Waals surface area contributed by atoms with Crippen LogP contribution in [-0.2, 0) is 6.42 Å². The van der Waals surface area contributed by atoms with Crippen LogP contribution in [0.3, 0.4) is 0 Å². The van der Waals surface area contributed by atoms with E-state index in [0.29, 0.717) is 12.2 Å². The smallest absolute Gasteiger partial charge is 0.270 e. The lowest BCUT2D eigenvalue weighted by molar-refractivity contribution is 0.0948. The summed E-state index contributed by atoms with van der Waals surface area (Å²) in [6, 6.07) is 3.69. The lowest BCUT2D eigenvalue weighted by Crippen LogP contribution is -2.27. The van der Waals surface area contributed by atoms with Crippen LogP contribution in [0.15, 0.2) is 30.9 Å². The van der Waals surface area contributed by atoms with Gasteiger partial charge in [-0.2, -0.15) is 0 Å². The second-order valence-corrected chi connectivity index (χ2v) is 3.75. The van der Waals surface area contributed by atoms with Gasteiger partial charge >= 0.3 is 0 Å². The minimum atomic E-state index is -0.136. The third-order valence-electron chi connectivity index (χ3n) is 2.46. The Bertz CT molecular complexity index is 493. The Morgan fingerprint density at radius 3 is 3.12 bits per heavy atom. The molecule has 1 amide bonds. The Labute approximate surface area is 99.3 Å². The van der Waals surface area contributed by atoms with Crippen molar-refractivity contribution < 1.29 is 4.79 Å². The third kappa shape index (κ3) is 2.90. The van der Waals surface area contributed by atoms with Gasteiger partial charge in [-0.3, -0.25) is 9.78 Å². The number of aromatic amines is 1. The van der Waals surface area contributed by atoms with Crippen LogP contribution in [0.5, 0.6) is 0 Å². The summed E-state index contributed by atoms with van der Waals surface area (Å²) >= 11 is 0. The van der Waals surface area contributed by atoms with Gasteiger partial charge in [-0.15, -0.1) is 0 Å². The molecule has 0 unspecified atom stereocenters. The minimum Gasteiger partial charge on any atom is -0.350 e. The highest BCUT2D eigenvalue weighted by molar-refractivity contribution is 5.93. The molecule has 0 aliphatic heterocycles. The zero-order valence-corrected chi connectivity index (χ0v) is 9.60. The number of carbonyl (C=O) groups is 1. The first-order valence-electron chi connectivity index (χ1n) is 5.44. The molecule has 0 saturated carbocycles. The van der Waals surface area contributed by atoms with E-state index in [0.717, 1.165) is 17.7 Å². The van der Waals surface area contributed by atoms with Crippen molar-refractivity contribution in [2.45, 2.75) is 13.3 Å². The number of nitrogens with zero attached hydrogens (tertiary/aromatic N) is 2. The van der Waals surface area contributed by atoms with Crippen molar-refractivity contribution in [1.82, 2.24) is 20.3 Å². The fourth-order valence-electron chi connectivity index (χ4n) is 1.54. The maximum atomic E-state index is 11.8. The topological polar surface area (TPSA) is 70.7 Å². The van der Waals surface area contributed by atoms with Gasteiger partial charge in [0.05, 0.1) is 6.33 Å². The lowest BCUT2D eigenvalue weighted by atomic mass is 10.2. The van der Waals surface area contributed by atoms with E-state index in [-0.39, 0.29) is 5.91 Å². The SMILES string of the molecule is Cc1cccnc1C(=O)NCCc1cnc[nH]1. The van der Waals surface area contributed by atoms with Crippen LogP contribution in [0.1, 0.15) is 21.7 Å². The Morgan fingerprint density at radius 2 is 2.41 bits per heavy atom. The maximum Gasteiger partial charge on any atom is 0.270 e. The van der Waals surface area contributed by atoms with Crippen molar-refractivity contribution in [2.24, 2.45) is 0 Å². The second-order valence-electron chi connectivity index (χ2n) is 3.75. The molecule has 0 bridgehead atoms. The summed E-state index contributed by atoms with van der Waals surface area (Å²) in [6.07, 6.45) is 5.73. The first-order valence-corrected chi connectivity index (χ1v) is 5.44. The summed E-state index contributed by atoms with van der Waals surface area (Å²) in [5.41, 5.74) is 2.37. The van der Waals surface area contributed by atoms with Crippen molar-refractivity contribution in [3.63, 3.8) is 0 Å². The van der Waals surface area contributed by atoms with Crippen LogP contribution >= 0.6 is 0 Å². The minimum absolute atomic E-state index is 0.136. The van der Waals surface area contributed by atoms with Crippen molar-refractivity contribution in [3.05, 3.63) is 47.8 Å². The summed E-state index contributed by atoms with van der Waals surface area (Å²) in [7, 11) is 0. The number of amides is 1. The zero-order valence-electron chi connectivity index (χ0n) is 9.60. The van der Waals surface area contributed by atoms with Gasteiger partial charge in [0, 0.05) is 31.1 Å². The van der Waals surface area contributed by atoms with Crippen molar-refractivity contribution in [1.29, 1.82) is 0 Å². The van der Waals surface area contributed by atoms with Crippen molar-refractivity contribution in [2.75, 3.05) is 6.54 Å². The van der Waals surface area contributed by atoms with Crippen molar-refractivity contribution in [3.8, 4) is 0 Å². The molecule has 2 aromatic rings. The summed E-state index contributed by atoms with van der Waals surface area (Å²) in [6.45, 7) is 2.44. The number of aromatic nitrogens is 3. The molecule has 0 radical (unpaired) electrons. The van der Waals surface area contributed by atoms with Gasteiger partial charge < -0.3 is 10.3 Å². The summed E-state index contributed by atoms with van der Waals surface area (Å²) in [4.78, 5) is 22.8. The van der Waals surface area contributed by atoms with Crippen LogP contribution in [0.2, 0.25) is 0 Å². The molecule has 2 aromatic heterocycles. The molecule has 88 valence electrons.